The highest BCUT2D eigenvalue weighted by atomic mass is 16.3. The molecule has 0 saturated carbocycles. The van der Waals surface area contributed by atoms with Crippen LogP contribution in [0.3, 0.4) is 0 Å². The van der Waals surface area contributed by atoms with Crippen molar-refractivity contribution in [2.45, 2.75) is 19.8 Å². The molecule has 0 fully saturated rings. The summed E-state index contributed by atoms with van der Waals surface area (Å²) in [5, 5.41) is 10.6. The summed E-state index contributed by atoms with van der Waals surface area (Å²) in [5.41, 5.74) is 20.8. The number of nitrogens with zero attached hydrogens (tertiary/aromatic N) is 3. The third-order valence-corrected chi connectivity index (χ3v) is 17.9. The van der Waals surface area contributed by atoms with Crippen LogP contribution in [-0.2, 0) is 0 Å². The molecule has 0 atom stereocenters. The van der Waals surface area contributed by atoms with Crippen molar-refractivity contribution in [1.82, 2.24) is 4.98 Å². The van der Waals surface area contributed by atoms with Crippen LogP contribution in [0, 0.1) is 0 Å². The van der Waals surface area contributed by atoms with Gasteiger partial charge in [-0.05, 0) is 157 Å². The van der Waals surface area contributed by atoms with Crippen molar-refractivity contribution in [2.75, 3.05) is 9.80 Å². The highest BCUT2D eigenvalue weighted by Crippen LogP contribution is 2.53. The SMILES string of the molecule is CC(C)c1cccc(N(c2ccc(-c3ccccc3)cc2)c2cc3oc4c(-c5cccc(-c6cccc7ccccc67)n5)ccc5c6cc(N(c7ccccc7)c7cccc(-c8ccccc8)c7)cc7oc8c(-c9ccccc9)ccc(c(c2)c3c45)c8c76)c1. The lowest BCUT2D eigenvalue weighted by molar-refractivity contribution is 0.669. The van der Waals surface area contributed by atoms with Crippen LogP contribution in [0.2, 0.25) is 0 Å². The second-order valence-electron chi connectivity index (χ2n) is 23.6. The molecule has 5 heteroatoms. The van der Waals surface area contributed by atoms with E-state index in [9.17, 15) is 0 Å². The van der Waals surface area contributed by atoms with Crippen LogP contribution >= 0.6 is 0 Å². The van der Waals surface area contributed by atoms with Gasteiger partial charge in [0.15, 0.2) is 0 Å². The van der Waals surface area contributed by atoms with Crippen LogP contribution in [0.1, 0.15) is 25.3 Å². The number of fused-ring (bicyclic) bond motifs is 3. The van der Waals surface area contributed by atoms with Gasteiger partial charge in [-0.3, -0.25) is 0 Å². The van der Waals surface area contributed by atoms with Crippen molar-refractivity contribution < 1.29 is 8.83 Å². The summed E-state index contributed by atoms with van der Waals surface area (Å²) in [7, 11) is 0. The first kappa shape index (κ1) is 51.9. The molecule has 5 nitrogen and oxygen atoms in total. The number of anilines is 6. The van der Waals surface area contributed by atoms with Crippen LogP contribution in [0.25, 0.3) is 132 Å². The van der Waals surface area contributed by atoms with Gasteiger partial charge in [-0.2, -0.15) is 0 Å². The quantitative estimate of drug-likeness (QED) is 0.122. The number of aromatic nitrogens is 1. The first-order valence-corrected chi connectivity index (χ1v) is 30.6. The Kier molecular flexibility index (Phi) is 12.3. The first-order valence-electron chi connectivity index (χ1n) is 30.6. The van der Waals surface area contributed by atoms with Gasteiger partial charge in [0.25, 0.3) is 0 Å². The zero-order chi connectivity index (χ0) is 59.1. The van der Waals surface area contributed by atoms with E-state index >= 15 is 0 Å². The molecule has 89 heavy (non-hydrogen) atoms. The highest BCUT2D eigenvalue weighted by Gasteiger charge is 2.28. The number of furan rings is 2. The lowest BCUT2D eigenvalue weighted by Crippen LogP contribution is -2.10. The van der Waals surface area contributed by atoms with E-state index in [-0.39, 0.29) is 0 Å². The molecule has 0 saturated heterocycles. The average Bonchev–Trinajstić information content (AvgIpc) is 1.58. The molecule has 0 spiro atoms. The number of pyridine rings is 1. The second-order valence-corrected chi connectivity index (χ2v) is 23.6. The molecule has 17 rings (SSSR count). The molecule has 3 heterocycles. The van der Waals surface area contributed by atoms with Crippen LogP contribution in [-0.4, -0.2) is 4.98 Å². The van der Waals surface area contributed by atoms with Gasteiger partial charge < -0.3 is 18.6 Å². The molecular formula is C84H57N3O2. The van der Waals surface area contributed by atoms with Gasteiger partial charge in [-0.1, -0.05) is 220 Å². The predicted octanol–water partition coefficient (Wildman–Crippen LogP) is 24.2. The molecule has 0 radical (unpaired) electrons. The maximum atomic E-state index is 7.70. The summed E-state index contributed by atoms with van der Waals surface area (Å²) < 4.78 is 15.3. The van der Waals surface area contributed by atoms with Gasteiger partial charge in [0.2, 0.25) is 0 Å². The Morgan fingerprint density at radius 3 is 1.38 bits per heavy atom. The Morgan fingerprint density at radius 2 is 0.742 bits per heavy atom. The Balaban J connectivity index is 0.998. The molecule has 3 aromatic heterocycles. The minimum atomic E-state index is 0.313. The maximum absolute atomic E-state index is 7.70. The molecule has 14 aromatic carbocycles. The summed E-state index contributed by atoms with van der Waals surface area (Å²) in [6.45, 7) is 4.52. The fraction of sp³-hybridized carbons (Fsp3) is 0.0357. The highest BCUT2D eigenvalue weighted by molar-refractivity contribution is 6.38. The number of hydrogen-bond acceptors (Lipinski definition) is 5. The van der Waals surface area contributed by atoms with Crippen molar-refractivity contribution >= 4 is 110 Å². The molecule has 0 N–H and O–H groups in total. The molecule has 17 aromatic rings. The standard InChI is InChI=1S/C84H57N3O2/c1-53(2)59-29-17-33-63(47-59)87(62-41-39-56(40-42-62)54-21-7-3-8-22-54)66-50-73-70-44-43-68(58-25-11-5-12-26-58)83-81(70)79-74(49-65(51-77(79)88-83)86(61-31-13-6-14-32-61)64-34-18-30-60(48-64)55-23-9-4-10-24-55)71-45-46-72(84-82(71)80(73)78(52-66)89-84)76-38-20-37-75(85-76)69-36-19-28-57-27-15-16-35-67(57)69/h3-53H,1-2H3. The fourth-order valence-electron chi connectivity index (χ4n) is 13.7. The van der Waals surface area contributed by atoms with Crippen molar-refractivity contribution in [3.63, 3.8) is 0 Å². The third kappa shape index (κ3) is 8.80. The molecule has 0 bridgehead atoms. The first-order chi connectivity index (χ1) is 44.0. The van der Waals surface area contributed by atoms with Crippen LogP contribution in [0.15, 0.2) is 312 Å². The van der Waals surface area contributed by atoms with E-state index in [0.717, 1.165) is 155 Å². The molecule has 420 valence electrons. The normalized spacial score (nSPS) is 11.8. The zero-order valence-corrected chi connectivity index (χ0v) is 49.1. The van der Waals surface area contributed by atoms with E-state index in [1.807, 2.05) is 0 Å². The summed E-state index contributed by atoms with van der Waals surface area (Å²) in [5.74, 6) is 0.313. The Labute approximate surface area is 515 Å². The zero-order valence-electron chi connectivity index (χ0n) is 49.1. The fourth-order valence-corrected chi connectivity index (χ4v) is 13.7. The van der Waals surface area contributed by atoms with Gasteiger partial charge in [-0.25, -0.2) is 4.98 Å². The van der Waals surface area contributed by atoms with Gasteiger partial charge in [0, 0.05) is 73.1 Å². The van der Waals surface area contributed by atoms with E-state index < -0.39 is 0 Å². The molecule has 0 amide bonds. The predicted molar refractivity (Wildman–Crippen MR) is 373 cm³/mol. The number of rotatable bonds is 12. The summed E-state index contributed by atoms with van der Waals surface area (Å²) in [6, 6.07) is 109. The smallest absolute Gasteiger partial charge is 0.145 e. The Hall–Kier alpha value is -11.5. The van der Waals surface area contributed by atoms with Crippen LogP contribution < -0.4 is 9.80 Å². The van der Waals surface area contributed by atoms with Crippen LogP contribution in [0.5, 0.6) is 0 Å². The van der Waals surface area contributed by atoms with Crippen molar-refractivity contribution in [3.05, 3.63) is 309 Å². The van der Waals surface area contributed by atoms with E-state index in [0.29, 0.717) is 5.92 Å². The topological polar surface area (TPSA) is 45.7 Å². The van der Waals surface area contributed by atoms with Gasteiger partial charge >= 0.3 is 0 Å². The molecule has 0 aliphatic carbocycles. The van der Waals surface area contributed by atoms with Crippen molar-refractivity contribution in [2.24, 2.45) is 0 Å². The van der Waals surface area contributed by atoms with Crippen molar-refractivity contribution in [1.29, 1.82) is 0 Å². The van der Waals surface area contributed by atoms with E-state index in [1.54, 1.807) is 0 Å². The van der Waals surface area contributed by atoms with Gasteiger partial charge in [-0.15, -0.1) is 0 Å². The molecular weight excluding hydrogens is 1080 g/mol. The largest absolute Gasteiger partial charge is 0.455 e. The summed E-state index contributed by atoms with van der Waals surface area (Å²) in [6.07, 6.45) is 0. The number of hydrogen-bond donors (Lipinski definition) is 0. The Bertz CT molecular complexity index is 5510. The van der Waals surface area contributed by atoms with E-state index in [2.05, 4.69) is 327 Å². The summed E-state index contributed by atoms with van der Waals surface area (Å²) in [4.78, 5) is 10.3. The monoisotopic (exact) mass is 1140 g/mol. The Morgan fingerprint density at radius 1 is 0.281 bits per heavy atom. The lowest BCUT2D eigenvalue weighted by Gasteiger charge is -2.27. The maximum Gasteiger partial charge on any atom is 0.145 e. The minimum absolute atomic E-state index is 0.313. The summed E-state index contributed by atoms with van der Waals surface area (Å²) >= 11 is 0. The van der Waals surface area contributed by atoms with Crippen LogP contribution in [0.4, 0.5) is 34.1 Å². The third-order valence-electron chi connectivity index (χ3n) is 17.9. The van der Waals surface area contributed by atoms with E-state index in [4.69, 9.17) is 13.8 Å². The molecule has 0 aliphatic rings. The lowest BCUT2D eigenvalue weighted by atomic mass is 9.91. The van der Waals surface area contributed by atoms with Gasteiger partial charge in [0.05, 0.1) is 22.8 Å². The number of benzene rings is 13. The van der Waals surface area contributed by atoms with E-state index in [1.165, 1.54) is 16.5 Å². The number of para-hydroxylation sites is 1. The molecule has 0 unspecified atom stereocenters. The van der Waals surface area contributed by atoms with Crippen molar-refractivity contribution in [3.8, 4) is 55.9 Å². The second kappa shape index (κ2) is 21.2. The average molecular weight is 1140 g/mol. The minimum Gasteiger partial charge on any atom is -0.455 e. The van der Waals surface area contributed by atoms with Gasteiger partial charge in [0.1, 0.15) is 22.3 Å². The molecule has 0 aliphatic heterocycles.